The first-order valence-electron chi connectivity index (χ1n) is 6.13. The molecule has 98 valence electrons. The van der Waals surface area contributed by atoms with E-state index in [4.69, 9.17) is 0 Å². The van der Waals surface area contributed by atoms with Crippen molar-refractivity contribution in [3.05, 3.63) is 72.3 Å². The van der Waals surface area contributed by atoms with Crippen molar-refractivity contribution in [3.63, 3.8) is 0 Å². The van der Waals surface area contributed by atoms with Gasteiger partial charge < -0.3 is 5.32 Å². The predicted octanol–water partition coefficient (Wildman–Crippen LogP) is 3.63. The summed E-state index contributed by atoms with van der Waals surface area (Å²) in [6.07, 6.45) is 3.42. The highest BCUT2D eigenvalue weighted by atomic mass is 19.1. The maximum Gasteiger partial charge on any atom is 0.255 e. The highest BCUT2D eigenvalue weighted by Gasteiger charge is 2.07. The number of carbonyl (C=O) groups excluding carboxylic acids is 1. The highest BCUT2D eigenvalue weighted by molar-refractivity contribution is 6.06. The van der Waals surface area contributed by atoms with Gasteiger partial charge in [-0.1, -0.05) is 12.1 Å². The second-order valence-corrected chi connectivity index (χ2v) is 4.40. The van der Waals surface area contributed by atoms with Gasteiger partial charge in [0, 0.05) is 29.0 Å². The van der Waals surface area contributed by atoms with Crippen molar-refractivity contribution in [3.8, 4) is 0 Å². The normalized spacial score (nSPS) is 10.4. The Labute approximate surface area is 115 Å². The van der Waals surface area contributed by atoms with E-state index in [9.17, 15) is 9.18 Å². The van der Waals surface area contributed by atoms with Crippen LogP contribution in [0.1, 0.15) is 10.4 Å². The number of aromatic nitrogens is 1. The molecule has 0 bridgehead atoms. The van der Waals surface area contributed by atoms with E-state index in [1.54, 1.807) is 36.7 Å². The highest BCUT2D eigenvalue weighted by Crippen LogP contribution is 2.16. The number of rotatable bonds is 2. The number of nitrogens with zero attached hydrogens (tertiary/aromatic N) is 1. The molecule has 20 heavy (non-hydrogen) atoms. The molecule has 0 unspecified atom stereocenters. The van der Waals surface area contributed by atoms with Crippen molar-refractivity contribution in [2.75, 3.05) is 5.32 Å². The monoisotopic (exact) mass is 266 g/mol. The van der Waals surface area contributed by atoms with E-state index in [0.717, 1.165) is 10.8 Å². The molecule has 0 aliphatic heterocycles. The van der Waals surface area contributed by atoms with Crippen LogP contribution in [0.5, 0.6) is 0 Å². The number of carbonyl (C=O) groups is 1. The Morgan fingerprint density at radius 3 is 2.80 bits per heavy atom. The van der Waals surface area contributed by atoms with E-state index < -0.39 is 0 Å². The molecule has 0 aliphatic rings. The molecule has 0 saturated carbocycles. The number of fused-ring (bicyclic) bond motifs is 1. The van der Waals surface area contributed by atoms with Crippen LogP contribution in [-0.2, 0) is 0 Å². The van der Waals surface area contributed by atoms with Crippen LogP contribution in [0.15, 0.2) is 60.9 Å². The summed E-state index contributed by atoms with van der Waals surface area (Å²) < 4.78 is 13.1. The smallest absolute Gasteiger partial charge is 0.255 e. The van der Waals surface area contributed by atoms with Gasteiger partial charge in [0.05, 0.1) is 0 Å². The summed E-state index contributed by atoms with van der Waals surface area (Å²) in [5.74, 6) is -0.651. The van der Waals surface area contributed by atoms with E-state index in [1.165, 1.54) is 12.1 Å². The van der Waals surface area contributed by atoms with Crippen molar-refractivity contribution >= 4 is 22.4 Å². The summed E-state index contributed by atoms with van der Waals surface area (Å²) in [5, 5.41) is 4.57. The van der Waals surface area contributed by atoms with Crippen LogP contribution in [0.4, 0.5) is 10.1 Å². The van der Waals surface area contributed by atoms with Crippen LogP contribution in [0, 0.1) is 5.82 Å². The van der Waals surface area contributed by atoms with Gasteiger partial charge in [0.2, 0.25) is 0 Å². The topological polar surface area (TPSA) is 42.0 Å². The van der Waals surface area contributed by atoms with Gasteiger partial charge in [-0.05, 0) is 41.8 Å². The Kier molecular flexibility index (Phi) is 3.13. The number of anilines is 1. The number of hydrogen-bond acceptors (Lipinski definition) is 2. The summed E-state index contributed by atoms with van der Waals surface area (Å²) in [7, 11) is 0. The number of benzene rings is 2. The van der Waals surface area contributed by atoms with Crippen LogP contribution < -0.4 is 5.32 Å². The van der Waals surface area contributed by atoms with Crippen LogP contribution in [0.2, 0.25) is 0 Å². The molecule has 0 spiro atoms. The van der Waals surface area contributed by atoms with Crippen LogP contribution in [-0.4, -0.2) is 10.9 Å². The molecule has 0 aliphatic carbocycles. The van der Waals surface area contributed by atoms with Gasteiger partial charge in [-0.3, -0.25) is 9.78 Å². The Bertz CT molecular complexity index is 786. The standard InChI is InChI=1S/C16H11FN2O/c17-14-2-1-3-15(9-14)19-16(20)12-4-5-13-10-18-7-6-11(13)8-12/h1-10H,(H,19,20). The van der Waals surface area contributed by atoms with Crippen molar-refractivity contribution in [2.45, 2.75) is 0 Å². The molecular weight excluding hydrogens is 255 g/mol. The van der Waals surface area contributed by atoms with E-state index in [0.29, 0.717) is 11.3 Å². The molecule has 0 fully saturated rings. The van der Waals surface area contributed by atoms with Crippen molar-refractivity contribution in [1.29, 1.82) is 0 Å². The van der Waals surface area contributed by atoms with E-state index in [-0.39, 0.29) is 11.7 Å². The quantitative estimate of drug-likeness (QED) is 0.769. The fraction of sp³-hybridized carbons (Fsp3) is 0. The molecule has 3 rings (SSSR count). The zero-order chi connectivity index (χ0) is 13.9. The number of halogens is 1. The third-order valence-electron chi connectivity index (χ3n) is 2.99. The summed E-state index contributed by atoms with van der Waals surface area (Å²) in [4.78, 5) is 16.1. The Balaban J connectivity index is 1.88. The van der Waals surface area contributed by atoms with E-state index >= 15 is 0 Å². The summed E-state index contributed by atoms with van der Waals surface area (Å²) in [6, 6.07) is 13.0. The predicted molar refractivity (Wildman–Crippen MR) is 76.1 cm³/mol. The molecule has 3 nitrogen and oxygen atoms in total. The Morgan fingerprint density at radius 2 is 1.95 bits per heavy atom. The SMILES string of the molecule is O=C(Nc1cccc(F)c1)c1ccc2cnccc2c1. The van der Waals surface area contributed by atoms with Crippen molar-refractivity contribution in [2.24, 2.45) is 0 Å². The van der Waals surface area contributed by atoms with Gasteiger partial charge in [0.15, 0.2) is 0 Å². The van der Waals surface area contributed by atoms with Crippen LogP contribution >= 0.6 is 0 Å². The molecule has 1 aromatic heterocycles. The van der Waals surface area contributed by atoms with Gasteiger partial charge in [-0.15, -0.1) is 0 Å². The average molecular weight is 266 g/mol. The number of hydrogen-bond donors (Lipinski definition) is 1. The summed E-state index contributed by atoms with van der Waals surface area (Å²) in [6.45, 7) is 0. The van der Waals surface area contributed by atoms with E-state index in [2.05, 4.69) is 10.3 Å². The number of pyridine rings is 1. The summed E-state index contributed by atoms with van der Waals surface area (Å²) in [5.41, 5.74) is 0.956. The van der Waals surface area contributed by atoms with Gasteiger partial charge in [0.1, 0.15) is 5.82 Å². The third-order valence-corrected chi connectivity index (χ3v) is 2.99. The van der Waals surface area contributed by atoms with Gasteiger partial charge in [0.25, 0.3) is 5.91 Å². The van der Waals surface area contributed by atoms with Gasteiger partial charge in [-0.25, -0.2) is 4.39 Å². The first-order valence-corrected chi connectivity index (χ1v) is 6.13. The lowest BCUT2D eigenvalue weighted by Gasteiger charge is -2.06. The lowest BCUT2D eigenvalue weighted by molar-refractivity contribution is 0.102. The van der Waals surface area contributed by atoms with Crippen LogP contribution in [0.25, 0.3) is 10.8 Å². The second-order valence-electron chi connectivity index (χ2n) is 4.40. The first-order chi connectivity index (χ1) is 9.72. The lowest BCUT2D eigenvalue weighted by Crippen LogP contribution is -2.11. The lowest BCUT2D eigenvalue weighted by atomic mass is 10.1. The minimum absolute atomic E-state index is 0.269. The average Bonchev–Trinajstić information content (AvgIpc) is 2.47. The fourth-order valence-corrected chi connectivity index (χ4v) is 1.99. The molecule has 1 amide bonds. The molecule has 4 heteroatoms. The molecule has 2 aromatic carbocycles. The van der Waals surface area contributed by atoms with Crippen molar-refractivity contribution < 1.29 is 9.18 Å². The second kappa shape index (κ2) is 5.09. The number of amides is 1. The molecule has 3 aromatic rings. The molecule has 1 heterocycles. The third kappa shape index (κ3) is 2.49. The Hall–Kier alpha value is -2.75. The van der Waals surface area contributed by atoms with E-state index in [1.807, 2.05) is 12.1 Å². The molecule has 0 radical (unpaired) electrons. The van der Waals surface area contributed by atoms with Crippen molar-refractivity contribution in [1.82, 2.24) is 4.98 Å². The zero-order valence-electron chi connectivity index (χ0n) is 10.5. The van der Waals surface area contributed by atoms with Gasteiger partial charge in [-0.2, -0.15) is 0 Å². The fourth-order valence-electron chi connectivity index (χ4n) is 1.99. The first kappa shape index (κ1) is 12.3. The maximum absolute atomic E-state index is 13.1. The zero-order valence-corrected chi connectivity index (χ0v) is 10.5. The molecule has 0 saturated heterocycles. The largest absolute Gasteiger partial charge is 0.322 e. The minimum atomic E-state index is -0.382. The molecule has 1 N–H and O–H groups in total. The summed E-state index contributed by atoms with van der Waals surface area (Å²) >= 11 is 0. The molecule has 0 atom stereocenters. The van der Waals surface area contributed by atoms with Crippen LogP contribution in [0.3, 0.4) is 0 Å². The number of nitrogens with one attached hydrogen (secondary N) is 1. The Morgan fingerprint density at radius 1 is 1.05 bits per heavy atom. The molecular formula is C16H11FN2O. The minimum Gasteiger partial charge on any atom is -0.322 e. The van der Waals surface area contributed by atoms with Gasteiger partial charge >= 0.3 is 0 Å². The maximum atomic E-state index is 13.1.